The first-order valence-corrected chi connectivity index (χ1v) is 7.19. The fourth-order valence-corrected chi connectivity index (χ4v) is 2.38. The van der Waals surface area contributed by atoms with Crippen LogP contribution in [-0.4, -0.2) is 10.8 Å². The van der Waals surface area contributed by atoms with Crippen LogP contribution in [0.5, 0.6) is 11.5 Å². The maximum absolute atomic E-state index is 14.3. The number of nitrogens with zero attached hydrogens (tertiary/aromatic N) is 1. The van der Waals surface area contributed by atoms with Crippen LogP contribution in [0.25, 0.3) is 0 Å². The van der Waals surface area contributed by atoms with Gasteiger partial charge in [-0.1, -0.05) is 29.8 Å². The van der Waals surface area contributed by atoms with Crippen molar-refractivity contribution in [2.24, 2.45) is 0 Å². The molecule has 3 nitrogen and oxygen atoms in total. The van der Waals surface area contributed by atoms with Crippen LogP contribution in [0.1, 0.15) is 15.9 Å². The van der Waals surface area contributed by atoms with Crippen LogP contribution in [0, 0.1) is 5.82 Å². The average Bonchev–Trinajstić information content (AvgIpc) is 2.56. The molecule has 23 heavy (non-hydrogen) atoms. The lowest BCUT2D eigenvalue weighted by atomic mass is 10.0. The van der Waals surface area contributed by atoms with Gasteiger partial charge in [0.15, 0.2) is 5.78 Å². The Labute approximate surface area is 137 Å². The summed E-state index contributed by atoms with van der Waals surface area (Å²) >= 11 is 6.08. The number of rotatable bonds is 4. The Morgan fingerprint density at radius 3 is 2.48 bits per heavy atom. The van der Waals surface area contributed by atoms with E-state index in [1.54, 1.807) is 36.4 Å². The van der Waals surface area contributed by atoms with Gasteiger partial charge in [0.1, 0.15) is 17.3 Å². The highest BCUT2D eigenvalue weighted by Crippen LogP contribution is 2.30. The molecule has 3 rings (SSSR count). The first-order chi connectivity index (χ1) is 11.1. The Morgan fingerprint density at radius 1 is 1.04 bits per heavy atom. The SMILES string of the molecule is O=C(c1cccnc1)c1c(F)cc(Oc2ccccc2)cc1Cl. The molecule has 0 bridgehead atoms. The number of hydrogen-bond acceptors (Lipinski definition) is 3. The zero-order chi connectivity index (χ0) is 16.2. The monoisotopic (exact) mass is 327 g/mol. The van der Waals surface area contributed by atoms with E-state index in [2.05, 4.69) is 4.98 Å². The molecule has 0 unspecified atom stereocenters. The Balaban J connectivity index is 1.93. The van der Waals surface area contributed by atoms with Crippen molar-refractivity contribution in [3.8, 4) is 11.5 Å². The largest absolute Gasteiger partial charge is 0.457 e. The molecule has 0 atom stereocenters. The van der Waals surface area contributed by atoms with Crippen LogP contribution in [0.15, 0.2) is 67.0 Å². The maximum atomic E-state index is 14.3. The average molecular weight is 328 g/mol. The van der Waals surface area contributed by atoms with E-state index >= 15 is 0 Å². The van der Waals surface area contributed by atoms with Crippen molar-refractivity contribution in [3.63, 3.8) is 0 Å². The zero-order valence-corrected chi connectivity index (χ0v) is 12.6. The van der Waals surface area contributed by atoms with E-state index in [0.717, 1.165) is 6.07 Å². The summed E-state index contributed by atoms with van der Waals surface area (Å²) in [5.41, 5.74) is 0.0742. The second-order valence-corrected chi connectivity index (χ2v) is 5.16. The van der Waals surface area contributed by atoms with Gasteiger partial charge in [-0.25, -0.2) is 4.39 Å². The lowest BCUT2D eigenvalue weighted by molar-refractivity contribution is 0.103. The molecule has 0 radical (unpaired) electrons. The van der Waals surface area contributed by atoms with E-state index in [4.69, 9.17) is 16.3 Å². The van der Waals surface area contributed by atoms with Crippen molar-refractivity contribution in [3.05, 3.63) is 89.0 Å². The lowest BCUT2D eigenvalue weighted by Gasteiger charge is -2.10. The van der Waals surface area contributed by atoms with E-state index in [9.17, 15) is 9.18 Å². The molecule has 0 N–H and O–H groups in total. The van der Waals surface area contributed by atoms with Crippen LogP contribution < -0.4 is 4.74 Å². The molecule has 3 aromatic rings. The maximum Gasteiger partial charge on any atom is 0.199 e. The molecular formula is C18H11ClFNO2. The third-order valence-electron chi connectivity index (χ3n) is 3.15. The summed E-state index contributed by atoms with van der Waals surface area (Å²) < 4.78 is 19.9. The molecular weight excluding hydrogens is 317 g/mol. The molecule has 0 saturated carbocycles. The van der Waals surface area contributed by atoms with Crippen molar-refractivity contribution in [2.45, 2.75) is 0 Å². The number of aromatic nitrogens is 1. The number of halogens is 2. The minimum atomic E-state index is -0.739. The van der Waals surface area contributed by atoms with Crippen molar-refractivity contribution < 1.29 is 13.9 Å². The van der Waals surface area contributed by atoms with Gasteiger partial charge < -0.3 is 4.74 Å². The molecule has 1 aromatic heterocycles. The first-order valence-electron chi connectivity index (χ1n) is 6.82. The predicted octanol–water partition coefficient (Wildman–Crippen LogP) is 4.90. The third-order valence-corrected chi connectivity index (χ3v) is 3.44. The van der Waals surface area contributed by atoms with E-state index in [0.29, 0.717) is 5.75 Å². The standard InChI is InChI=1S/C18H11ClFNO2/c19-15-9-14(23-13-6-2-1-3-7-13)10-16(20)17(15)18(22)12-5-4-8-21-11-12/h1-11H. The van der Waals surface area contributed by atoms with Crippen LogP contribution >= 0.6 is 11.6 Å². The lowest BCUT2D eigenvalue weighted by Crippen LogP contribution is -2.06. The number of carbonyl (C=O) groups is 1. The second kappa shape index (κ2) is 6.58. The van der Waals surface area contributed by atoms with Gasteiger partial charge in [-0.15, -0.1) is 0 Å². The van der Waals surface area contributed by atoms with Gasteiger partial charge in [0.25, 0.3) is 0 Å². The summed E-state index contributed by atoms with van der Waals surface area (Å²) in [5.74, 6) is -0.486. The van der Waals surface area contributed by atoms with E-state index in [1.165, 1.54) is 18.5 Å². The fourth-order valence-electron chi connectivity index (χ4n) is 2.09. The van der Waals surface area contributed by atoms with Gasteiger partial charge in [-0.3, -0.25) is 9.78 Å². The van der Waals surface area contributed by atoms with Gasteiger partial charge in [-0.05, 0) is 24.3 Å². The van der Waals surface area contributed by atoms with Crippen LogP contribution in [0.2, 0.25) is 5.02 Å². The highest BCUT2D eigenvalue weighted by molar-refractivity contribution is 6.35. The number of ketones is 1. The van der Waals surface area contributed by atoms with Gasteiger partial charge in [0.05, 0.1) is 10.6 Å². The highest BCUT2D eigenvalue weighted by Gasteiger charge is 2.19. The minimum Gasteiger partial charge on any atom is -0.457 e. The van der Waals surface area contributed by atoms with Gasteiger partial charge >= 0.3 is 0 Å². The molecule has 0 saturated heterocycles. The molecule has 0 aliphatic carbocycles. The molecule has 0 fully saturated rings. The number of benzene rings is 2. The fraction of sp³-hybridized carbons (Fsp3) is 0. The normalized spacial score (nSPS) is 10.3. The third kappa shape index (κ3) is 3.38. The Hall–Kier alpha value is -2.72. The highest BCUT2D eigenvalue weighted by atomic mass is 35.5. The van der Waals surface area contributed by atoms with Crippen LogP contribution in [-0.2, 0) is 0 Å². The second-order valence-electron chi connectivity index (χ2n) is 4.75. The number of ether oxygens (including phenoxy) is 1. The number of pyridine rings is 1. The smallest absolute Gasteiger partial charge is 0.199 e. The van der Waals surface area contributed by atoms with E-state index in [-0.39, 0.29) is 21.9 Å². The summed E-state index contributed by atoms with van der Waals surface area (Å²) in [6.45, 7) is 0. The number of hydrogen-bond donors (Lipinski definition) is 0. The van der Waals surface area contributed by atoms with Gasteiger partial charge in [-0.2, -0.15) is 0 Å². The Bertz CT molecular complexity index is 815. The number of para-hydroxylation sites is 1. The van der Waals surface area contributed by atoms with Crippen LogP contribution in [0.3, 0.4) is 0 Å². The van der Waals surface area contributed by atoms with Crippen molar-refractivity contribution >= 4 is 17.4 Å². The van der Waals surface area contributed by atoms with E-state index in [1.807, 2.05) is 6.07 Å². The Morgan fingerprint density at radius 2 is 1.83 bits per heavy atom. The Kier molecular flexibility index (Phi) is 4.35. The molecule has 5 heteroatoms. The topological polar surface area (TPSA) is 39.2 Å². The molecule has 1 heterocycles. The summed E-state index contributed by atoms with van der Waals surface area (Å²) in [4.78, 5) is 16.2. The van der Waals surface area contributed by atoms with E-state index < -0.39 is 11.6 Å². The number of carbonyl (C=O) groups excluding carboxylic acids is 1. The molecule has 0 aliphatic rings. The zero-order valence-electron chi connectivity index (χ0n) is 11.9. The van der Waals surface area contributed by atoms with Crippen LogP contribution in [0.4, 0.5) is 4.39 Å². The minimum absolute atomic E-state index is 0.00946. The summed E-state index contributed by atoms with van der Waals surface area (Å²) in [5, 5.41) is -0.00946. The first kappa shape index (κ1) is 15.2. The van der Waals surface area contributed by atoms with Crippen molar-refractivity contribution in [2.75, 3.05) is 0 Å². The molecule has 0 aliphatic heterocycles. The van der Waals surface area contributed by atoms with Crippen molar-refractivity contribution in [1.82, 2.24) is 4.98 Å². The molecule has 2 aromatic carbocycles. The summed E-state index contributed by atoms with van der Waals surface area (Å²) in [7, 11) is 0. The quantitative estimate of drug-likeness (QED) is 0.640. The summed E-state index contributed by atoms with van der Waals surface area (Å²) in [6, 6.07) is 14.6. The summed E-state index contributed by atoms with van der Waals surface area (Å²) in [6.07, 6.45) is 2.90. The molecule has 0 spiro atoms. The predicted molar refractivity (Wildman–Crippen MR) is 85.6 cm³/mol. The van der Waals surface area contributed by atoms with Crippen molar-refractivity contribution in [1.29, 1.82) is 0 Å². The molecule has 0 amide bonds. The van der Waals surface area contributed by atoms with Gasteiger partial charge in [0.2, 0.25) is 0 Å². The van der Waals surface area contributed by atoms with Gasteiger partial charge in [0, 0.05) is 30.1 Å². The molecule has 114 valence electrons.